The Morgan fingerprint density at radius 1 is 0.690 bits per heavy atom. The molecule has 0 bridgehead atoms. The van der Waals surface area contributed by atoms with Crippen LogP contribution in [0.5, 0.6) is 0 Å². The molecule has 0 atom stereocenters. The average molecular weight is 415 g/mol. The second-order valence-electron chi connectivity index (χ2n) is 6.12. The Kier molecular flexibility index (Phi) is 14.8. The van der Waals surface area contributed by atoms with Crippen molar-refractivity contribution in [3.63, 3.8) is 0 Å². The van der Waals surface area contributed by atoms with Crippen LogP contribution < -0.4 is 26.8 Å². The predicted octanol–water partition coefficient (Wildman–Crippen LogP) is -0.629. The number of anilines is 2. The number of rotatable bonds is 21. The van der Waals surface area contributed by atoms with Gasteiger partial charge in [0.2, 0.25) is 0 Å². The van der Waals surface area contributed by atoms with Crippen LogP contribution in [0.4, 0.5) is 11.4 Å². The number of hydrogen-bond donors (Lipinski definition) is 3. The van der Waals surface area contributed by atoms with E-state index in [9.17, 15) is 14.4 Å². The number of carbonyl (C=O) groups excluding carboxylic acids is 1. The minimum Gasteiger partial charge on any atom is -0.380 e. The van der Waals surface area contributed by atoms with Crippen molar-refractivity contribution in [1.29, 1.82) is 0 Å². The molecule has 0 radical (unpaired) electrons. The maximum atomic E-state index is 11.6. The van der Waals surface area contributed by atoms with Gasteiger partial charge < -0.3 is 39.7 Å². The van der Waals surface area contributed by atoms with Crippen LogP contribution in [0.3, 0.4) is 0 Å². The molecule has 1 aromatic carbocycles. The van der Waals surface area contributed by atoms with Gasteiger partial charge in [0.1, 0.15) is 17.7 Å². The summed E-state index contributed by atoms with van der Waals surface area (Å²) >= 11 is 0. The largest absolute Gasteiger partial charge is 0.380 e. The zero-order chi connectivity index (χ0) is 21.2. The Hall–Kier alpha value is -1.85. The summed E-state index contributed by atoms with van der Waals surface area (Å²) in [6.45, 7) is 5.73. The molecule has 0 unspecified atom stereocenters. The van der Waals surface area contributed by atoms with Crippen LogP contribution in [0.15, 0.2) is 9.59 Å². The van der Waals surface area contributed by atoms with Crippen LogP contribution in [-0.2, 0) is 23.7 Å². The molecule has 0 aromatic heterocycles. The minimum absolute atomic E-state index is 0.285. The van der Waals surface area contributed by atoms with E-state index in [0.29, 0.717) is 78.8 Å². The summed E-state index contributed by atoms with van der Waals surface area (Å²) in [6.07, 6.45) is 1.85. The first-order valence-electron chi connectivity index (χ1n) is 9.92. The van der Waals surface area contributed by atoms with E-state index >= 15 is 0 Å². The topological polar surface area (TPSA) is 124 Å². The third kappa shape index (κ3) is 11.1. The second-order valence-corrected chi connectivity index (χ2v) is 6.12. The molecular weight excluding hydrogens is 382 g/mol. The zero-order valence-electron chi connectivity index (χ0n) is 17.1. The summed E-state index contributed by atoms with van der Waals surface area (Å²) in [4.78, 5) is 33.4. The van der Waals surface area contributed by atoms with E-state index in [1.165, 1.54) is 0 Å². The highest BCUT2D eigenvalue weighted by Crippen LogP contribution is 2.13. The van der Waals surface area contributed by atoms with E-state index in [4.69, 9.17) is 18.9 Å². The van der Waals surface area contributed by atoms with Gasteiger partial charge in [-0.1, -0.05) is 0 Å². The molecule has 10 heteroatoms. The smallest absolute Gasteiger partial charge is 0.253 e. The lowest BCUT2D eigenvalue weighted by Gasteiger charge is -2.14. The Bertz CT molecular complexity index is 617. The van der Waals surface area contributed by atoms with E-state index in [1.807, 2.05) is 7.05 Å². The molecule has 0 aliphatic rings. The predicted molar refractivity (Wildman–Crippen MR) is 111 cm³/mol. The van der Waals surface area contributed by atoms with Gasteiger partial charge in [-0.15, -0.1) is 0 Å². The van der Waals surface area contributed by atoms with Gasteiger partial charge in [-0.05, 0) is 13.5 Å². The number of aldehydes is 1. The molecule has 0 saturated heterocycles. The van der Waals surface area contributed by atoms with Crippen LogP contribution >= 0.6 is 0 Å². The molecule has 0 amide bonds. The van der Waals surface area contributed by atoms with Crippen molar-refractivity contribution in [1.82, 2.24) is 5.32 Å². The number of hydrogen-bond acceptors (Lipinski definition) is 10. The zero-order valence-corrected chi connectivity index (χ0v) is 17.1. The molecule has 0 saturated carbocycles. The van der Waals surface area contributed by atoms with E-state index < -0.39 is 10.9 Å². The van der Waals surface area contributed by atoms with Gasteiger partial charge >= 0.3 is 0 Å². The number of nitrogens with one attached hydrogen (secondary N) is 3. The summed E-state index contributed by atoms with van der Waals surface area (Å²) in [5.41, 5.74) is -0.483. The lowest BCUT2D eigenvalue weighted by Crippen LogP contribution is -2.38. The van der Waals surface area contributed by atoms with E-state index in [0.717, 1.165) is 12.8 Å². The Morgan fingerprint density at radius 2 is 1.14 bits per heavy atom. The molecule has 166 valence electrons. The molecule has 0 aliphatic carbocycles. The summed E-state index contributed by atoms with van der Waals surface area (Å²) in [6, 6.07) is 0. The number of likely N-dealkylation sites (N-methyl/N-ethyl adjacent to an activating group) is 1. The number of ether oxygens (including phenoxy) is 4. The van der Waals surface area contributed by atoms with E-state index in [1.54, 1.807) is 0 Å². The molecule has 10 nitrogen and oxygen atoms in total. The molecule has 0 aliphatic heterocycles. The van der Waals surface area contributed by atoms with Crippen molar-refractivity contribution in [3.8, 4) is 0 Å². The first kappa shape index (κ1) is 25.2. The van der Waals surface area contributed by atoms with E-state index in [-0.39, 0.29) is 11.4 Å². The van der Waals surface area contributed by atoms with Gasteiger partial charge in [-0.3, -0.25) is 9.59 Å². The third-order valence-electron chi connectivity index (χ3n) is 3.87. The molecule has 1 aromatic rings. The SMILES string of the molecule is CNCCOCCOCCOCCOCCNc1c(NCCCC=O)c(=O)c1=O. The molecule has 3 N–H and O–H groups in total. The van der Waals surface area contributed by atoms with Crippen LogP contribution in [0.1, 0.15) is 12.8 Å². The minimum atomic E-state index is -0.529. The molecule has 0 spiro atoms. The maximum Gasteiger partial charge on any atom is 0.253 e. The quantitative estimate of drug-likeness (QED) is 0.136. The number of carbonyl (C=O) groups is 1. The van der Waals surface area contributed by atoms with E-state index in [2.05, 4.69) is 16.0 Å². The Morgan fingerprint density at radius 3 is 1.62 bits per heavy atom. The van der Waals surface area contributed by atoms with Gasteiger partial charge in [0.15, 0.2) is 0 Å². The monoisotopic (exact) mass is 415 g/mol. The van der Waals surface area contributed by atoms with Crippen molar-refractivity contribution >= 4 is 17.7 Å². The fourth-order valence-corrected chi connectivity index (χ4v) is 2.31. The van der Waals surface area contributed by atoms with Crippen LogP contribution in [-0.4, -0.2) is 85.8 Å². The van der Waals surface area contributed by atoms with Crippen molar-refractivity contribution in [2.75, 3.05) is 90.2 Å². The first-order valence-corrected chi connectivity index (χ1v) is 9.92. The van der Waals surface area contributed by atoms with Crippen molar-refractivity contribution in [3.05, 3.63) is 20.4 Å². The Labute approximate surface area is 170 Å². The molecular formula is C19H33N3O7. The average Bonchev–Trinajstić information content (AvgIpc) is 2.74. The van der Waals surface area contributed by atoms with Gasteiger partial charge in [-0.2, -0.15) is 0 Å². The summed E-state index contributed by atoms with van der Waals surface area (Å²) < 4.78 is 21.5. The summed E-state index contributed by atoms with van der Waals surface area (Å²) in [5, 5.41) is 8.79. The lowest BCUT2D eigenvalue weighted by molar-refractivity contribution is -0.107. The van der Waals surface area contributed by atoms with Gasteiger partial charge in [0.25, 0.3) is 10.9 Å². The first-order chi connectivity index (χ1) is 14.2. The molecule has 1 rings (SSSR count). The molecule has 0 heterocycles. The molecule has 29 heavy (non-hydrogen) atoms. The fraction of sp³-hybridized carbons (Fsp3) is 0.737. The van der Waals surface area contributed by atoms with Crippen LogP contribution in [0.25, 0.3) is 0 Å². The fourth-order valence-electron chi connectivity index (χ4n) is 2.31. The molecule has 0 fully saturated rings. The summed E-state index contributed by atoms with van der Waals surface area (Å²) in [5.74, 6) is 0. The lowest BCUT2D eigenvalue weighted by atomic mass is 10.2. The Balaban J connectivity index is 1.94. The van der Waals surface area contributed by atoms with Crippen molar-refractivity contribution in [2.24, 2.45) is 0 Å². The maximum absolute atomic E-state index is 11.6. The second kappa shape index (κ2) is 17.0. The van der Waals surface area contributed by atoms with Gasteiger partial charge in [0.05, 0.1) is 52.9 Å². The summed E-state index contributed by atoms with van der Waals surface area (Å²) in [7, 11) is 1.88. The van der Waals surface area contributed by atoms with Crippen LogP contribution in [0, 0.1) is 0 Å². The third-order valence-corrected chi connectivity index (χ3v) is 3.87. The highest BCUT2D eigenvalue weighted by molar-refractivity contribution is 5.73. The van der Waals surface area contributed by atoms with Crippen molar-refractivity contribution < 1.29 is 23.7 Å². The highest BCUT2D eigenvalue weighted by atomic mass is 16.6. The van der Waals surface area contributed by atoms with Gasteiger partial charge in [0, 0.05) is 26.1 Å². The highest BCUT2D eigenvalue weighted by Gasteiger charge is 2.19. The normalized spacial score (nSPS) is 11.1. The van der Waals surface area contributed by atoms with Crippen LogP contribution in [0.2, 0.25) is 0 Å². The standard InChI is InChI=1S/C19H33N3O7/c1-20-5-8-26-10-12-28-14-15-29-13-11-27-9-6-22-17-16(18(24)19(17)25)21-4-2-3-7-23/h7,20-22H,2-6,8-15H2,1H3. The van der Waals surface area contributed by atoms with Gasteiger partial charge in [-0.25, -0.2) is 0 Å². The number of unbranched alkanes of at least 4 members (excludes halogenated alkanes) is 1. The van der Waals surface area contributed by atoms with Crippen molar-refractivity contribution in [2.45, 2.75) is 12.8 Å².